The highest BCUT2D eigenvalue weighted by Gasteiger charge is 1.43. The van der Waals surface area contributed by atoms with Crippen LogP contribution in [0.2, 0.25) is 0 Å². The highest BCUT2D eigenvalue weighted by Crippen LogP contribution is 0.826. The van der Waals surface area contributed by atoms with Gasteiger partial charge < -0.3 is 4.81 Å². The van der Waals surface area contributed by atoms with Crippen LogP contribution in [0.1, 0.15) is 0 Å². The first-order valence-corrected chi connectivity index (χ1v) is 1.29. The summed E-state index contributed by atoms with van der Waals surface area (Å²) in [6, 6.07) is 0. The van der Waals surface area contributed by atoms with Crippen molar-refractivity contribution < 1.29 is 4.81 Å². The lowest BCUT2D eigenvalue weighted by Gasteiger charge is -2.09. The van der Waals surface area contributed by atoms with Crippen molar-refractivity contribution in [3.8, 4) is 0 Å². The van der Waals surface area contributed by atoms with Crippen LogP contribution in [0.3, 0.4) is 0 Å². The van der Waals surface area contributed by atoms with E-state index in [1.54, 1.807) is 0 Å². The lowest BCUT2D eigenvalue weighted by Crippen LogP contribution is -3.03. The molecule has 0 heterocycles. The van der Waals surface area contributed by atoms with E-state index in [1.807, 2.05) is 14.1 Å². The summed E-state index contributed by atoms with van der Waals surface area (Å²) < 4.78 is 0. The average molecular weight is 55.9 g/mol. The Labute approximate surface area is 28.0 Å². The van der Waals surface area contributed by atoms with Crippen molar-refractivity contribution in [3.63, 3.8) is 0 Å². The third-order valence-corrected chi connectivity index (χ3v) is 0. The molecule has 0 aromatic carbocycles. The predicted molar refractivity (Wildman–Crippen MR) is 18.6 cm³/mol. The van der Waals surface area contributed by atoms with Gasteiger partial charge in [0.05, 0.1) is 0 Å². The Hall–Kier alpha value is 0.0249. The van der Waals surface area contributed by atoms with Crippen LogP contribution in [0, 0.1) is 0 Å². The molecule has 0 aromatic heterocycles. The summed E-state index contributed by atoms with van der Waals surface area (Å²) in [6.07, 6.45) is 0. The van der Waals surface area contributed by atoms with E-state index in [9.17, 15) is 0 Å². The molecular formula is C2H7BN. The highest BCUT2D eigenvalue weighted by atomic mass is 14.9. The smallest absolute Gasteiger partial charge is 0.0198 e. The van der Waals surface area contributed by atoms with Crippen molar-refractivity contribution in [2.75, 3.05) is 14.1 Å². The highest BCUT2D eigenvalue weighted by molar-refractivity contribution is 5.94. The van der Waals surface area contributed by atoms with E-state index in [1.165, 1.54) is 0 Å². The second-order valence-electron chi connectivity index (χ2n) is 1.08. The monoisotopic (exact) mass is 56.1 g/mol. The molecule has 1 nitrogen and oxygen atoms in total. The summed E-state index contributed by atoms with van der Waals surface area (Å²) in [5, 5.41) is 0. The van der Waals surface area contributed by atoms with E-state index >= 15 is 0 Å². The maximum absolute atomic E-state index is 5.03. The molecule has 0 rings (SSSR count). The minimum atomic E-state index is 0.917. The zero-order valence-electron chi connectivity index (χ0n) is 3.08. The lowest BCUT2D eigenvalue weighted by molar-refractivity contribution is -0.728. The van der Waals surface area contributed by atoms with E-state index in [0.29, 0.717) is 0 Å². The summed E-state index contributed by atoms with van der Waals surface area (Å²) >= 11 is 0. The van der Waals surface area contributed by atoms with Crippen LogP contribution in [0.4, 0.5) is 0 Å². The molecule has 0 spiro atoms. The fourth-order valence-corrected chi connectivity index (χ4v) is 0. The van der Waals surface area contributed by atoms with Gasteiger partial charge in [0.15, 0.2) is 0 Å². The van der Waals surface area contributed by atoms with E-state index in [2.05, 4.69) is 0 Å². The number of quaternary nitrogens is 1. The zero-order valence-corrected chi connectivity index (χ0v) is 3.08. The van der Waals surface area contributed by atoms with Crippen molar-refractivity contribution in [2.45, 2.75) is 0 Å². The van der Waals surface area contributed by atoms with Gasteiger partial charge in [-0.2, -0.15) is 0 Å². The third kappa shape index (κ3) is 3420. The largest absolute Gasteiger partial charge is 0.603 e. The Morgan fingerprint density at radius 3 is 1.50 bits per heavy atom. The molecule has 0 aliphatic carbocycles. The van der Waals surface area contributed by atoms with Gasteiger partial charge in [0.25, 0.3) is 0 Å². The maximum atomic E-state index is 5.03. The summed E-state index contributed by atoms with van der Waals surface area (Å²) in [7, 11) is 8.75. The van der Waals surface area contributed by atoms with E-state index in [0.717, 1.165) is 4.81 Å². The van der Waals surface area contributed by atoms with Crippen LogP contribution >= 0.6 is 0 Å². The molecule has 0 aliphatic heterocycles. The fourth-order valence-electron chi connectivity index (χ4n) is 0. The SMILES string of the molecule is [B-][NH+](C)C. The van der Waals surface area contributed by atoms with Gasteiger partial charge in [-0.25, -0.2) is 7.98 Å². The maximum Gasteiger partial charge on any atom is 0.0198 e. The van der Waals surface area contributed by atoms with Gasteiger partial charge in [0.1, 0.15) is 0 Å². The van der Waals surface area contributed by atoms with Crippen LogP contribution in [-0.2, 0) is 0 Å². The molecule has 2 heteroatoms. The van der Waals surface area contributed by atoms with Gasteiger partial charge in [0, 0.05) is 14.1 Å². The first-order valence-electron chi connectivity index (χ1n) is 1.29. The molecular weight excluding hydrogens is 48.8 g/mol. The Kier molecular flexibility index (Phi) is 1.36. The zero-order chi connectivity index (χ0) is 3.58. The number of nitrogens with one attached hydrogen (secondary N) is 1. The summed E-state index contributed by atoms with van der Waals surface area (Å²) in [4.78, 5) is 0.917. The molecule has 0 saturated heterocycles. The molecule has 0 bridgehead atoms. The molecule has 4 heavy (non-hydrogen) atoms. The van der Waals surface area contributed by atoms with Gasteiger partial charge in [-0.05, 0) is 0 Å². The number of rotatable bonds is 0. The molecule has 0 fully saturated rings. The van der Waals surface area contributed by atoms with Crippen LogP contribution in [0.15, 0.2) is 0 Å². The lowest BCUT2D eigenvalue weighted by atomic mass is 10.4. The second-order valence-corrected chi connectivity index (χ2v) is 1.08. The van der Waals surface area contributed by atoms with Crippen LogP contribution < -0.4 is 4.81 Å². The first-order chi connectivity index (χ1) is 1.73. The van der Waals surface area contributed by atoms with Crippen molar-refractivity contribution in [1.29, 1.82) is 0 Å². The van der Waals surface area contributed by atoms with Crippen molar-refractivity contribution in [3.05, 3.63) is 0 Å². The summed E-state index contributed by atoms with van der Waals surface area (Å²) in [6.45, 7) is 0. The van der Waals surface area contributed by atoms with Crippen LogP contribution in [-0.4, -0.2) is 22.1 Å². The Morgan fingerprint density at radius 2 is 1.50 bits per heavy atom. The molecule has 0 saturated carbocycles. The van der Waals surface area contributed by atoms with Crippen molar-refractivity contribution >= 4 is 7.98 Å². The number of hydrogen-bond donors (Lipinski definition) is 1. The molecule has 23 valence electrons. The van der Waals surface area contributed by atoms with E-state index in [-0.39, 0.29) is 0 Å². The predicted octanol–water partition coefficient (Wildman–Crippen LogP) is -1.79. The standard InChI is InChI=1S/C2H7BN/c1-4(2)3/h4H,1-2H3. The summed E-state index contributed by atoms with van der Waals surface area (Å²) in [5.41, 5.74) is 0. The Morgan fingerprint density at radius 1 is 1.50 bits per heavy atom. The molecule has 1 N–H and O–H groups in total. The van der Waals surface area contributed by atoms with Gasteiger partial charge in [0.2, 0.25) is 0 Å². The normalized spacial score (nSPS) is 9.00. The van der Waals surface area contributed by atoms with Gasteiger partial charge in [-0.1, -0.05) is 0 Å². The molecule has 3 radical (unpaired) electrons. The minimum Gasteiger partial charge on any atom is -0.603 e. The summed E-state index contributed by atoms with van der Waals surface area (Å²) in [5.74, 6) is 0. The van der Waals surface area contributed by atoms with Crippen molar-refractivity contribution in [2.24, 2.45) is 0 Å². The Bertz CT molecular complexity index is 10.8. The molecule has 0 amide bonds. The third-order valence-electron chi connectivity index (χ3n) is 0. The van der Waals surface area contributed by atoms with Gasteiger partial charge in [-0.3, -0.25) is 0 Å². The Balaban J connectivity index is 2.32. The van der Waals surface area contributed by atoms with E-state index < -0.39 is 0 Å². The van der Waals surface area contributed by atoms with Gasteiger partial charge in [-0.15, -0.1) is 0 Å². The van der Waals surface area contributed by atoms with Crippen LogP contribution in [0.25, 0.3) is 0 Å². The second kappa shape index (κ2) is 1.36. The molecule has 0 aliphatic rings. The number of hydrogen-bond acceptors (Lipinski definition) is 0. The quantitative estimate of drug-likeness (QED) is 0.313. The average Bonchev–Trinajstić information content (AvgIpc) is 0.811. The molecule has 0 unspecified atom stereocenters. The molecule has 0 atom stereocenters. The van der Waals surface area contributed by atoms with Gasteiger partial charge >= 0.3 is 0 Å². The van der Waals surface area contributed by atoms with Crippen LogP contribution in [0.5, 0.6) is 0 Å². The first kappa shape index (κ1) is 4.02. The van der Waals surface area contributed by atoms with Crippen molar-refractivity contribution in [1.82, 2.24) is 0 Å². The van der Waals surface area contributed by atoms with E-state index in [4.69, 9.17) is 7.98 Å². The fraction of sp³-hybridized carbons (Fsp3) is 1.00. The molecule has 0 aromatic rings. The minimum absolute atomic E-state index is 0.917. The topological polar surface area (TPSA) is 4.44 Å².